The molecule has 0 bridgehead atoms. The Kier molecular flexibility index (Phi) is 2.19. The minimum absolute atomic E-state index is 1.27. The Hall–Kier alpha value is -2.35. The molecule has 98 valence electrons. The predicted molar refractivity (Wildman–Crippen MR) is 83.4 cm³/mol. The fourth-order valence-corrected chi connectivity index (χ4v) is 3.35. The molecule has 0 aliphatic carbocycles. The first kappa shape index (κ1) is 11.5. The summed E-state index contributed by atoms with van der Waals surface area (Å²) < 4.78 is 2.23. The number of anilines is 2. The molecular weight excluding hydrogens is 244 g/mol. The van der Waals surface area contributed by atoms with E-state index in [4.69, 9.17) is 0 Å². The molecular formula is C18H17N2+. The molecule has 3 aromatic rings. The second-order valence-corrected chi connectivity index (χ2v) is 5.54. The van der Waals surface area contributed by atoms with Crippen LogP contribution in [0.2, 0.25) is 0 Å². The van der Waals surface area contributed by atoms with Crippen molar-refractivity contribution in [1.82, 2.24) is 0 Å². The third-order valence-electron chi connectivity index (χ3n) is 4.35. The van der Waals surface area contributed by atoms with Crippen LogP contribution in [0.1, 0.15) is 5.56 Å². The number of hydrogen-bond donors (Lipinski definition) is 0. The highest BCUT2D eigenvalue weighted by Crippen LogP contribution is 2.46. The number of pyridine rings is 1. The minimum Gasteiger partial charge on any atom is -0.339 e. The van der Waals surface area contributed by atoms with Gasteiger partial charge in [-0.05, 0) is 30.0 Å². The number of benzene rings is 2. The largest absolute Gasteiger partial charge is 0.339 e. The van der Waals surface area contributed by atoms with Crippen molar-refractivity contribution in [2.75, 3.05) is 11.9 Å². The van der Waals surface area contributed by atoms with E-state index < -0.39 is 0 Å². The smallest absolute Gasteiger partial charge is 0.237 e. The zero-order valence-electron chi connectivity index (χ0n) is 12.0. The van der Waals surface area contributed by atoms with Gasteiger partial charge in [-0.3, -0.25) is 0 Å². The fraction of sp³-hybridized carbons (Fsp3) is 0.167. The van der Waals surface area contributed by atoms with E-state index >= 15 is 0 Å². The molecule has 2 nitrogen and oxygen atoms in total. The Labute approximate surface area is 118 Å². The van der Waals surface area contributed by atoms with Gasteiger partial charge >= 0.3 is 0 Å². The van der Waals surface area contributed by atoms with E-state index in [1.54, 1.807) is 0 Å². The van der Waals surface area contributed by atoms with Gasteiger partial charge < -0.3 is 4.90 Å². The van der Waals surface area contributed by atoms with Crippen LogP contribution in [0, 0.1) is 6.92 Å². The van der Waals surface area contributed by atoms with Crippen LogP contribution in [0.3, 0.4) is 0 Å². The Morgan fingerprint density at radius 3 is 2.60 bits per heavy atom. The maximum atomic E-state index is 2.30. The summed E-state index contributed by atoms with van der Waals surface area (Å²) in [6.07, 6.45) is 2.12. The van der Waals surface area contributed by atoms with E-state index in [-0.39, 0.29) is 0 Å². The SMILES string of the molecule is Cc1ccc2cccc3c2c1-c1c(ccc[n+]1C)N3C. The molecule has 2 heteroatoms. The lowest BCUT2D eigenvalue weighted by Gasteiger charge is -2.28. The van der Waals surface area contributed by atoms with Gasteiger partial charge in [0.05, 0.1) is 5.56 Å². The number of nitrogens with zero attached hydrogens (tertiary/aromatic N) is 2. The first-order valence-electron chi connectivity index (χ1n) is 6.93. The van der Waals surface area contributed by atoms with E-state index in [0.717, 1.165) is 0 Å². The summed E-state index contributed by atoms with van der Waals surface area (Å²) in [6.45, 7) is 2.20. The van der Waals surface area contributed by atoms with Crippen LogP contribution in [0.25, 0.3) is 22.0 Å². The zero-order chi connectivity index (χ0) is 13.9. The van der Waals surface area contributed by atoms with Crippen molar-refractivity contribution in [3.05, 3.63) is 54.2 Å². The third-order valence-corrected chi connectivity index (χ3v) is 4.35. The van der Waals surface area contributed by atoms with Crippen LogP contribution in [-0.2, 0) is 7.05 Å². The molecule has 0 atom stereocenters. The van der Waals surface area contributed by atoms with Gasteiger partial charge in [0.25, 0.3) is 0 Å². The highest BCUT2D eigenvalue weighted by molar-refractivity contribution is 6.11. The van der Waals surface area contributed by atoms with Crippen LogP contribution < -0.4 is 9.47 Å². The lowest BCUT2D eigenvalue weighted by Crippen LogP contribution is -2.34. The summed E-state index contributed by atoms with van der Waals surface area (Å²) in [5.41, 5.74) is 6.57. The van der Waals surface area contributed by atoms with Crippen molar-refractivity contribution in [3.63, 3.8) is 0 Å². The first-order valence-corrected chi connectivity index (χ1v) is 6.93. The first-order chi connectivity index (χ1) is 9.68. The average Bonchev–Trinajstić information content (AvgIpc) is 2.46. The minimum atomic E-state index is 1.27. The molecule has 1 aromatic heterocycles. The topological polar surface area (TPSA) is 7.12 Å². The van der Waals surface area contributed by atoms with Crippen LogP contribution in [0.15, 0.2) is 48.7 Å². The molecule has 0 N–H and O–H groups in total. The summed E-state index contributed by atoms with van der Waals surface area (Å²) in [7, 11) is 4.28. The Morgan fingerprint density at radius 2 is 1.75 bits per heavy atom. The standard InChI is InChI=1S/C18H17N2/c1-12-9-10-13-6-4-7-14-17(13)16(12)18-15(20(14)3)8-5-11-19(18)2/h4-11H,1-3H3/q+1. The number of fused-ring (bicyclic) bond motifs is 2. The highest BCUT2D eigenvalue weighted by Gasteiger charge is 2.29. The molecule has 1 aliphatic heterocycles. The van der Waals surface area contributed by atoms with Crippen LogP contribution >= 0.6 is 0 Å². The fourth-order valence-electron chi connectivity index (χ4n) is 3.35. The normalized spacial score (nSPS) is 12.7. The molecule has 4 rings (SSSR count). The molecule has 1 aliphatic rings. The van der Waals surface area contributed by atoms with Gasteiger partial charge in [-0.2, -0.15) is 4.57 Å². The molecule has 0 unspecified atom stereocenters. The summed E-state index contributed by atoms with van der Waals surface area (Å²) in [4.78, 5) is 2.30. The van der Waals surface area contributed by atoms with Crippen molar-refractivity contribution in [1.29, 1.82) is 0 Å². The second-order valence-electron chi connectivity index (χ2n) is 5.54. The van der Waals surface area contributed by atoms with Gasteiger partial charge in [0, 0.05) is 24.2 Å². The molecule has 0 saturated carbocycles. The molecule has 0 saturated heterocycles. The van der Waals surface area contributed by atoms with Gasteiger partial charge in [0.2, 0.25) is 5.69 Å². The molecule has 2 aromatic carbocycles. The average molecular weight is 261 g/mol. The highest BCUT2D eigenvalue weighted by atomic mass is 15.1. The monoisotopic (exact) mass is 261 g/mol. The molecule has 0 fully saturated rings. The van der Waals surface area contributed by atoms with E-state index in [2.05, 4.69) is 79.1 Å². The third kappa shape index (κ3) is 1.31. The quantitative estimate of drug-likeness (QED) is 0.559. The van der Waals surface area contributed by atoms with Crippen molar-refractivity contribution in [2.45, 2.75) is 6.92 Å². The Morgan fingerprint density at radius 1 is 0.950 bits per heavy atom. The molecule has 0 amide bonds. The van der Waals surface area contributed by atoms with Gasteiger partial charge in [0.15, 0.2) is 6.20 Å². The lowest BCUT2D eigenvalue weighted by molar-refractivity contribution is -0.659. The summed E-state index contributed by atoms with van der Waals surface area (Å²) in [5, 5.41) is 2.67. The van der Waals surface area contributed by atoms with Crippen LogP contribution in [0.5, 0.6) is 0 Å². The lowest BCUT2D eigenvalue weighted by atomic mass is 9.91. The number of rotatable bonds is 0. The van der Waals surface area contributed by atoms with Gasteiger partial charge in [-0.1, -0.05) is 24.3 Å². The maximum Gasteiger partial charge on any atom is 0.237 e. The van der Waals surface area contributed by atoms with E-state index in [0.29, 0.717) is 0 Å². The Bertz CT molecular complexity index is 849. The number of hydrogen-bond acceptors (Lipinski definition) is 1. The van der Waals surface area contributed by atoms with Crippen LogP contribution in [-0.4, -0.2) is 7.05 Å². The van der Waals surface area contributed by atoms with Crippen LogP contribution in [0.4, 0.5) is 11.4 Å². The van der Waals surface area contributed by atoms with Gasteiger partial charge in [0.1, 0.15) is 12.7 Å². The van der Waals surface area contributed by atoms with E-state index in [1.807, 2.05) is 0 Å². The van der Waals surface area contributed by atoms with E-state index in [9.17, 15) is 0 Å². The summed E-state index contributed by atoms with van der Waals surface area (Å²) in [6, 6.07) is 15.3. The molecule has 0 spiro atoms. The van der Waals surface area contributed by atoms with Crippen molar-refractivity contribution in [3.8, 4) is 11.3 Å². The zero-order valence-corrected chi connectivity index (χ0v) is 12.0. The predicted octanol–water partition coefficient (Wildman–Crippen LogP) is 3.72. The Balaban J connectivity index is 2.29. The maximum absolute atomic E-state index is 2.30. The van der Waals surface area contributed by atoms with Crippen molar-refractivity contribution in [2.24, 2.45) is 7.05 Å². The summed E-state index contributed by atoms with van der Waals surface area (Å²) in [5.74, 6) is 0. The van der Waals surface area contributed by atoms with E-state index in [1.165, 1.54) is 39.0 Å². The molecule has 0 radical (unpaired) electrons. The van der Waals surface area contributed by atoms with Crippen molar-refractivity contribution < 1.29 is 4.57 Å². The van der Waals surface area contributed by atoms with Gasteiger partial charge in [-0.15, -0.1) is 0 Å². The number of aromatic nitrogens is 1. The second kappa shape index (κ2) is 3.83. The van der Waals surface area contributed by atoms with Gasteiger partial charge in [-0.25, -0.2) is 0 Å². The number of aryl methyl sites for hydroxylation is 2. The molecule has 2 heterocycles. The summed E-state index contributed by atoms with van der Waals surface area (Å²) >= 11 is 0. The van der Waals surface area contributed by atoms with Crippen molar-refractivity contribution >= 4 is 22.1 Å². The molecule has 20 heavy (non-hydrogen) atoms.